The van der Waals surface area contributed by atoms with Crippen LogP contribution in [0, 0.1) is 12.7 Å². The van der Waals surface area contributed by atoms with Crippen LogP contribution < -0.4 is 10.9 Å². The summed E-state index contributed by atoms with van der Waals surface area (Å²) in [6.45, 7) is 1.69. The Morgan fingerprint density at radius 3 is 2.96 bits per heavy atom. The van der Waals surface area contributed by atoms with Crippen LogP contribution in [-0.4, -0.2) is 15.5 Å². The predicted molar refractivity (Wildman–Crippen MR) is 89.3 cm³/mol. The summed E-state index contributed by atoms with van der Waals surface area (Å²) in [5.74, 6) is -0.574. The zero-order valence-corrected chi connectivity index (χ0v) is 14.5. The smallest absolute Gasteiger partial charge is 0.265 e. The van der Waals surface area contributed by atoms with Gasteiger partial charge in [0.05, 0.1) is 5.56 Å². The third-order valence-electron chi connectivity index (χ3n) is 3.62. The Morgan fingerprint density at radius 2 is 2.21 bits per heavy atom. The van der Waals surface area contributed by atoms with Crippen molar-refractivity contribution in [3.05, 3.63) is 62.1 Å². The van der Waals surface area contributed by atoms with E-state index in [1.165, 1.54) is 23.0 Å². The number of nitrogens with one attached hydrogen (secondary N) is 1. The molecule has 0 saturated carbocycles. The minimum absolute atomic E-state index is 0.101. The molecule has 24 heavy (non-hydrogen) atoms. The van der Waals surface area contributed by atoms with Gasteiger partial charge in [-0.3, -0.25) is 9.59 Å². The first-order chi connectivity index (χ1) is 11.4. The van der Waals surface area contributed by atoms with E-state index in [2.05, 4.69) is 26.2 Å². The lowest BCUT2D eigenvalue weighted by Crippen LogP contribution is -2.26. The van der Waals surface area contributed by atoms with Crippen LogP contribution in [0.25, 0.3) is 11.1 Å². The van der Waals surface area contributed by atoms with Crippen LogP contribution in [0.1, 0.15) is 21.7 Å². The number of nitrogens with zero attached hydrogens (tertiary/aromatic N) is 2. The Hall–Kier alpha value is -2.48. The molecule has 0 saturated heterocycles. The van der Waals surface area contributed by atoms with Crippen molar-refractivity contribution >= 4 is 32.9 Å². The second-order valence-electron chi connectivity index (χ2n) is 5.29. The third kappa shape index (κ3) is 2.84. The number of amides is 1. The molecule has 3 aromatic rings. The van der Waals surface area contributed by atoms with Gasteiger partial charge in [-0.1, -0.05) is 15.9 Å². The molecule has 1 aromatic carbocycles. The average Bonchev–Trinajstić information content (AvgIpc) is 2.88. The molecule has 0 bridgehead atoms. The van der Waals surface area contributed by atoms with E-state index >= 15 is 0 Å². The van der Waals surface area contributed by atoms with Crippen molar-refractivity contribution in [2.45, 2.75) is 13.5 Å². The monoisotopic (exact) mass is 393 g/mol. The van der Waals surface area contributed by atoms with Gasteiger partial charge in [0, 0.05) is 18.1 Å². The average molecular weight is 394 g/mol. The maximum absolute atomic E-state index is 13.3. The fraction of sp³-hybridized carbons (Fsp3) is 0.188. The molecule has 0 spiro atoms. The van der Waals surface area contributed by atoms with Gasteiger partial charge in [-0.2, -0.15) is 0 Å². The van der Waals surface area contributed by atoms with Crippen molar-refractivity contribution in [2.24, 2.45) is 7.05 Å². The number of rotatable bonds is 3. The third-order valence-corrected chi connectivity index (χ3v) is 4.40. The molecule has 6 nitrogen and oxygen atoms in total. The van der Waals surface area contributed by atoms with E-state index < -0.39 is 11.7 Å². The van der Waals surface area contributed by atoms with Gasteiger partial charge in [-0.15, -0.1) is 0 Å². The highest BCUT2D eigenvalue weighted by atomic mass is 79.9. The van der Waals surface area contributed by atoms with Gasteiger partial charge in [0.15, 0.2) is 0 Å². The van der Waals surface area contributed by atoms with Gasteiger partial charge in [0.2, 0.25) is 5.71 Å². The number of furan rings is 1. The summed E-state index contributed by atoms with van der Waals surface area (Å²) in [5.41, 5.74) is 0.479. The predicted octanol–water partition coefficient (Wildman–Crippen LogP) is 2.67. The highest BCUT2D eigenvalue weighted by Crippen LogP contribution is 2.21. The van der Waals surface area contributed by atoms with E-state index in [4.69, 9.17) is 4.42 Å². The molecule has 8 heteroatoms. The number of hydrogen-bond donors (Lipinski definition) is 1. The first kappa shape index (κ1) is 16.4. The van der Waals surface area contributed by atoms with Crippen LogP contribution in [0.4, 0.5) is 4.39 Å². The van der Waals surface area contributed by atoms with Crippen molar-refractivity contribution in [3.8, 4) is 0 Å². The van der Waals surface area contributed by atoms with E-state index in [9.17, 15) is 14.0 Å². The van der Waals surface area contributed by atoms with Crippen molar-refractivity contribution < 1.29 is 13.6 Å². The summed E-state index contributed by atoms with van der Waals surface area (Å²) >= 11 is 3.30. The number of benzene rings is 1. The Balaban J connectivity index is 1.95. The fourth-order valence-corrected chi connectivity index (χ4v) is 2.79. The maximum Gasteiger partial charge on any atom is 0.265 e. The Morgan fingerprint density at radius 1 is 1.46 bits per heavy atom. The van der Waals surface area contributed by atoms with Crippen LogP contribution >= 0.6 is 15.9 Å². The number of aryl methyl sites for hydroxylation is 2. The first-order valence-electron chi connectivity index (χ1n) is 7.05. The summed E-state index contributed by atoms with van der Waals surface area (Å²) < 4.78 is 20.7. The van der Waals surface area contributed by atoms with Crippen LogP contribution in [0.5, 0.6) is 0 Å². The zero-order valence-electron chi connectivity index (χ0n) is 12.9. The molecule has 0 atom stereocenters. The largest absolute Gasteiger partial charge is 0.442 e. The Labute approximate surface area is 144 Å². The van der Waals surface area contributed by atoms with E-state index in [-0.39, 0.29) is 28.8 Å². The fourth-order valence-electron chi connectivity index (χ4n) is 2.40. The standard InChI is InChI=1S/C16H13BrFN3O3/c1-8-12(13-15(24-8)20-7-21(2)16(13)23)14(22)19-6-9-5-10(18)3-4-11(9)17/h3-5,7H,6H2,1-2H3,(H,19,22). The van der Waals surface area contributed by atoms with Gasteiger partial charge < -0.3 is 14.3 Å². The van der Waals surface area contributed by atoms with Crippen molar-refractivity contribution in [3.63, 3.8) is 0 Å². The summed E-state index contributed by atoms with van der Waals surface area (Å²) in [6.07, 6.45) is 1.33. The first-order valence-corrected chi connectivity index (χ1v) is 7.84. The van der Waals surface area contributed by atoms with E-state index in [1.807, 2.05) is 0 Å². The van der Waals surface area contributed by atoms with E-state index in [1.54, 1.807) is 20.0 Å². The normalized spacial score (nSPS) is 11.0. The number of carbonyl (C=O) groups is 1. The molecule has 0 aliphatic rings. The lowest BCUT2D eigenvalue weighted by atomic mass is 10.1. The molecular formula is C16H13BrFN3O3. The summed E-state index contributed by atoms with van der Waals surface area (Å²) in [7, 11) is 1.54. The van der Waals surface area contributed by atoms with Crippen molar-refractivity contribution in [1.29, 1.82) is 0 Å². The van der Waals surface area contributed by atoms with Crippen LogP contribution in [-0.2, 0) is 13.6 Å². The number of fused-ring (bicyclic) bond motifs is 1. The highest BCUT2D eigenvalue weighted by molar-refractivity contribution is 9.10. The van der Waals surface area contributed by atoms with Crippen molar-refractivity contribution in [1.82, 2.24) is 14.9 Å². The van der Waals surface area contributed by atoms with Gasteiger partial charge in [0.1, 0.15) is 23.3 Å². The van der Waals surface area contributed by atoms with Gasteiger partial charge >= 0.3 is 0 Å². The highest BCUT2D eigenvalue weighted by Gasteiger charge is 2.22. The molecular weight excluding hydrogens is 381 g/mol. The van der Waals surface area contributed by atoms with E-state index in [0.29, 0.717) is 15.8 Å². The molecule has 124 valence electrons. The summed E-state index contributed by atoms with van der Waals surface area (Å²) in [6, 6.07) is 4.21. The molecule has 1 amide bonds. The molecule has 1 N–H and O–H groups in total. The quantitative estimate of drug-likeness (QED) is 0.741. The van der Waals surface area contributed by atoms with Crippen LogP contribution in [0.2, 0.25) is 0 Å². The second kappa shape index (κ2) is 6.20. The summed E-state index contributed by atoms with van der Waals surface area (Å²) in [4.78, 5) is 28.8. The topological polar surface area (TPSA) is 77.1 Å². The summed E-state index contributed by atoms with van der Waals surface area (Å²) in [5, 5.41) is 2.81. The van der Waals surface area contributed by atoms with E-state index in [0.717, 1.165) is 0 Å². The lowest BCUT2D eigenvalue weighted by molar-refractivity contribution is 0.0950. The van der Waals surface area contributed by atoms with Gasteiger partial charge in [-0.05, 0) is 30.7 Å². The Bertz CT molecular complexity index is 1010. The Kier molecular flexibility index (Phi) is 4.23. The van der Waals surface area contributed by atoms with Gasteiger partial charge in [0.25, 0.3) is 11.5 Å². The minimum atomic E-state index is -0.479. The van der Waals surface area contributed by atoms with Crippen molar-refractivity contribution in [2.75, 3.05) is 0 Å². The molecule has 2 heterocycles. The number of halogens is 2. The zero-order chi connectivity index (χ0) is 17.4. The molecule has 0 unspecified atom stereocenters. The van der Waals surface area contributed by atoms with Crippen LogP contribution in [0.15, 0.2) is 38.2 Å². The second-order valence-corrected chi connectivity index (χ2v) is 6.15. The molecule has 0 aliphatic carbocycles. The molecule has 2 aromatic heterocycles. The number of hydrogen-bond acceptors (Lipinski definition) is 4. The molecule has 0 aliphatic heterocycles. The molecule has 0 radical (unpaired) electrons. The molecule has 3 rings (SSSR count). The number of carbonyl (C=O) groups excluding carboxylic acids is 1. The van der Waals surface area contributed by atoms with Crippen LogP contribution in [0.3, 0.4) is 0 Å². The number of aromatic nitrogens is 2. The maximum atomic E-state index is 13.3. The SMILES string of the molecule is Cc1oc2ncn(C)c(=O)c2c1C(=O)NCc1cc(F)ccc1Br. The minimum Gasteiger partial charge on any atom is -0.442 e. The van der Waals surface area contributed by atoms with Gasteiger partial charge in [-0.25, -0.2) is 9.37 Å². The molecule has 0 fully saturated rings. The lowest BCUT2D eigenvalue weighted by Gasteiger charge is -2.07.